The molecular weight excluding hydrogens is 392 g/mol. The number of nitrogens with zero attached hydrogens (tertiary/aromatic N) is 1. The highest BCUT2D eigenvalue weighted by molar-refractivity contribution is 8.01. The van der Waals surface area contributed by atoms with Gasteiger partial charge < -0.3 is 20.9 Å². The molecule has 2 unspecified atom stereocenters. The predicted octanol–water partition coefficient (Wildman–Crippen LogP) is 3.90. The molecule has 1 fully saturated rings. The van der Waals surface area contributed by atoms with Crippen molar-refractivity contribution in [1.29, 1.82) is 0 Å². The first-order chi connectivity index (χ1) is 14.5. The molecule has 1 saturated heterocycles. The Bertz CT molecular complexity index is 812. The molecule has 0 amide bonds. The number of nitrogens with one attached hydrogen (secondary N) is 2. The SMILES string of the molecule is CC(C)SNc1cccc(C2CCN(C/C(N)=C/NCc3ccccc3)CC2O)c1. The lowest BCUT2D eigenvalue weighted by Gasteiger charge is -2.36. The minimum atomic E-state index is -0.392. The fourth-order valence-electron chi connectivity index (χ4n) is 3.75. The zero-order chi connectivity index (χ0) is 21.3. The third-order valence-electron chi connectivity index (χ3n) is 5.24. The summed E-state index contributed by atoms with van der Waals surface area (Å²) in [6.07, 6.45) is 2.41. The molecule has 5 N–H and O–H groups in total. The largest absolute Gasteiger partial charge is 0.400 e. The van der Waals surface area contributed by atoms with Crippen molar-refractivity contribution in [2.24, 2.45) is 5.73 Å². The van der Waals surface area contributed by atoms with Gasteiger partial charge in [0.25, 0.3) is 0 Å². The van der Waals surface area contributed by atoms with Crippen molar-refractivity contribution in [2.75, 3.05) is 24.4 Å². The number of benzene rings is 2. The number of piperidine rings is 1. The second-order valence-electron chi connectivity index (χ2n) is 8.18. The Hall–Kier alpha value is -2.15. The van der Waals surface area contributed by atoms with Crippen LogP contribution in [0.25, 0.3) is 0 Å². The van der Waals surface area contributed by atoms with Crippen LogP contribution in [0, 0.1) is 0 Å². The smallest absolute Gasteiger partial charge is 0.0736 e. The quantitative estimate of drug-likeness (QED) is 0.456. The number of aliphatic hydroxyl groups excluding tert-OH is 1. The number of hydrogen-bond donors (Lipinski definition) is 4. The third kappa shape index (κ3) is 6.97. The molecule has 30 heavy (non-hydrogen) atoms. The molecule has 2 atom stereocenters. The van der Waals surface area contributed by atoms with Crippen molar-refractivity contribution in [1.82, 2.24) is 10.2 Å². The van der Waals surface area contributed by atoms with Crippen molar-refractivity contribution < 1.29 is 5.11 Å². The van der Waals surface area contributed by atoms with Crippen LogP contribution in [-0.2, 0) is 6.54 Å². The van der Waals surface area contributed by atoms with E-state index in [0.717, 1.165) is 30.9 Å². The number of rotatable bonds is 9. The van der Waals surface area contributed by atoms with E-state index in [0.29, 0.717) is 18.3 Å². The number of β-amino-alcohol motifs (C(OH)–C–C–N with tert-alkyl or cyclic N) is 1. The van der Waals surface area contributed by atoms with Gasteiger partial charge in [-0.1, -0.05) is 56.3 Å². The summed E-state index contributed by atoms with van der Waals surface area (Å²) in [6, 6.07) is 18.7. The van der Waals surface area contributed by atoms with E-state index in [9.17, 15) is 5.11 Å². The second kappa shape index (κ2) is 11.3. The summed E-state index contributed by atoms with van der Waals surface area (Å²) < 4.78 is 3.40. The fourth-order valence-corrected chi connectivity index (χ4v) is 4.25. The van der Waals surface area contributed by atoms with Crippen LogP contribution in [0.1, 0.15) is 37.3 Å². The van der Waals surface area contributed by atoms with Crippen LogP contribution in [0.5, 0.6) is 0 Å². The maximum absolute atomic E-state index is 10.8. The van der Waals surface area contributed by atoms with Gasteiger partial charge in [0, 0.05) is 48.4 Å². The molecule has 1 aliphatic heterocycles. The van der Waals surface area contributed by atoms with Gasteiger partial charge in [-0.25, -0.2) is 0 Å². The van der Waals surface area contributed by atoms with E-state index < -0.39 is 6.10 Å². The van der Waals surface area contributed by atoms with E-state index in [2.05, 4.69) is 65.2 Å². The lowest BCUT2D eigenvalue weighted by atomic mass is 9.87. The molecule has 6 heteroatoms. The Morgan fingerprint density at radius 2 is 2.03 bits per heavy atom. The van der Waals surface area contributed by atoms with Crippen LogP contribution in [0.2, 0.25) is 0 Å². The van der Waals surface area contributed by atoms with Crippen molar-refractivity contribution in [3.05, 3.63) is 77.6 Å². The Labute approximate surface area is 184 Å². The highest BCUT2D eigenvalue weighted by atomic mass is 32.2. The molecule has 0 bridgehead atoms. The standard InChI is InChI=1S/C24H34N4OS/c1-18(2)30-27-22-10-6-9-20(13-22)23-11-12-28(17-24(23)29)16-21(25)15-26-14-19-7-4-3-5-8-19/h3-10,13,15,18,23-24,26-27,29H,11-12,14,16-17,25H2,1-2H3/b21-15-. The van der Waals surface area contributed by atoms with Gasteiger partial charge in [-0.3, -0.25) is 4.90 Å². The lowest BCUT2D eigenvalue weighted by molar-refractivity contribution is 0.0556. The molecule has 0 saturated carbocycles. The van der Waals surface area contributed by atoms with Crippen molar-refractivity contribution >= 4 is 17.6 Å². The molecule has 1 heterocycles. The van der Waals surface area contributed by atoms with Crippen LogP contribution in [0.15, 0.2) is 66.5 Å². The summed E-state index contributed by atoms with van der Waals surface area (Å²) in [6.45, 7) is 7.31. The Kier molecular flexibility index (Phi) is 8.49. The molecule has 0 aromatic heterocycles. The average Bonchev–Trinajstić information content (AvgIpc) is 2.73. The first-order valence-corrected chi connectivity index (χ1v) is 11.5. The van der Waals surface area contributed by atoms with Crippen LogP contribution in [0.4, 0.5) is 5.69 Å². The van der Waals surface area contributed by atoms with Crippen LogP contribution in [0.3, 0.4) is 0 Å². The normalized spacial score (nSPS) is 20.3. The molecule has 1 aliphatic rings. The van der Waals surface area contributed by atoms with Crippen molar-refractivity contribution in [3.63, 3.8) is 0 Å². The van der Waals surface area contributed by atoms with Gasteiger partial charge in [-0.05, 0) is 48.2 Å². The van der Waals surface area contributed by atoms with Crippen molar-refractivity contribution in [3.8, 4) is 0 Å². The molecular formula is C24H34N4OS. The molecule has 0 aliphatic carbocycles. The Morgan fingerprint density at radius 1 is 1.23 bits per heavy atom. The van der Waals surface area contributed by atoms with Crippen LogP contribution in [-0.4, -0.2) is 41.0 Å². The molecule has 5 nitrogen and oxygen atoms in total. The zero-order valence-electron chi connectivity index (χ0n) is 17.9. The molecule has 0 radical (unpaired) electrons. The topological polar surface area (TPSA) is 73.5 Å². The van der Waals surface area contributed by atoms with Gasteiger partial charge in [0.15, 0.2) is 0 Å². The molecule has 0 spiro atoms. The predicted molar refractivity (Wildman–Crippen MR) is 128 cm³/mol. The highest BCUT2D eigenvalue weighted by Gasteiger charge is 2.29. The average molecular weight is 427 g/mol. The summed E-state index contributed by atoms with van der Waals surface area (Å²) in [5.41, 5.74) is 10.5. The Morgan fingerprint density at radius 3 is 2.77 bits per heavy atom. The number of likely N-dealkylation sites (tertiary alicyclic amines) is 1. The summed E-state index contributed by atoms with van der Waals surface area (Å²) in [7, 11) is 0. The first-order valence-electron chi connectivity index (χ1n) is 10.6. The molecule has 3 rings (SSSR count). The summed E-state index contributed by atoms with van der Waals surface area (Å²) in [5, 5.41) is 14.6. The Balaban J connectivity index is 1.48. The van der Waals surface area contributed by atoms with E-state index in [1.807, 2.05) is 24.4 Å². The minimum absolute atomic E-state index is 0.161. The number of aliphatic hydroxyl groups is 1. The summed E-state index contributed by atoms with van der Waals surface area (Å²) in [5.74, 6) is 0.161. The van der Waals surface area contributed by atoms with Gasteiger partial charge in [0.05, 0.1) is 6.10 Å². The zero-order valence-corrected chi connectivity index (χ0v) is 18.7. The van der Waals surface area contributed by atoms with Crippen LogP contribution < -0.4 is 15.8 Å². The molecule has 2 aromatic rings. The summed E-state index contributed by atoms with van der Waals surface area (Å²) >= 11 is 1.71. The molecule has 162 valence electrons. The maximum Gasteiger partial charge on any atom is 0.0736 e. The maximum atomic E-state index is 10.8. The van der Waals surface area contributed by atoms with E-state index in [1.54, 1.807) is 11.9 Å². The highest BCUT2D eigenvalue weighted by Crippen LogP contribution is 2.30. The van der Waals surface area contributed by atoms with Crippen molar-refractivity contribution in [2.45, 2.75) is 44.1 Å². The van der Waals surface area contributed by atoms with E-state index in [1.165, 1.54) is 11.1 Å². The molecule has 2 aromatic carbocycles. The van der Waals surface area contributed by atoms with Gasteiger partial charge in [0.2, 0.25) is 0 Å². The van der Waals surface area contributed by atoms with E-state index in [4.69, 9.17) is 5.73 Å². The fraction of sp³-hybridized carbons (Fsp3) is 0.417. The number of hydrogen-bond acceptors (Lipinski definition) is 6. The van der Waals surface area contributed by atoms with Gasteiger partial charge in [0.1, 0.15) is 0 Å². The van der Waals surface area contributed by atoms with Gasteiger partial charge in [-0.15, -0.1) is 0 Å². The monoisotopic (exact) mass is 426 g/mol. The minimum Gasteiger partial charge on any atom is -0.400 e. The first kappa shape index (κ1) is 22.5. The van der Waals surface area contributed by atoms with E-state index >= 15 is 0 Å². The number of anilines is 1. The third-order valence-corrected chi connectivity index (χ3v) is 6.06. The lowest BCUT2D eigenvalue weighted by Crippen LogP contribution is -2.44. The number of nitrogens with two attached hydrogens (primary N) is 1. The van der Waals surface area contributed by atoms with Gasteiger partial charge in [-0.2, -0.15) is 0 Å². The summed E-state index contributed by atoms with van der Waals surface area (Å²) in [4.78, 5) is 2.23. The van der Waals surface area contributed by atoms with Crippen LogP contribution >= 0.6 is 11.9 Å². The second-order valence-corrected chi connectivity index (χ2v) is 9.56. The van der Waals surface area contributed by atoms with E-state index in [-0.39, 0.29) is 5.92 Å². The van der Waals surface area contributed by atoms with Gasteiger partial charge >= 0.3 is 0 Å².